The number of aryl methyl sites for hydroxylation is 1. The summed E-state index contributed by atoms with van der Waals surface area (Å²) in [5, 5.41) is 9.77. The number of rotatable bonds is 4. The number of nitrogens with one attached hydrogen (secondary N) is 2. The molecule has 0 atom stereocenters. The molecule has 7 nitrogen and oxygen atoms in total. The number of urea groups is 1. The number of carbonyl (C=O) groups excluding carboxylic acids is 2. The maximum absolute atomic E-state index is 13.8. The highest BCUT2D eigenvalue weighted by Crippen LogP contribution is 2.16. The van der Waals surface area contributed by atoms with E-state index in [0.717, 1.165) is 5.69 Å². The van der Waals surface area contributed by atoms with E-state index >= 15 is 0 Å². The van der Waals surface area contributed by atoms with Gasteiger partial charge >= 0.3 is 6.03 Å². The molecule has 2 aromatic rings. The monoisotopic (exact) mass is 359 g/mol. The summed E-state index contributed by atoms with van der Waals surface area (Å²) in [5.74, 6) is -0.811. The fourth-order valence-electron chi connectivity index (χ4n) is 3.01. The van der Waals surface area contributed by atoms with Gasteiger partial charge in [-0.05, 0) is 31.0 Å². The van der Waals surface area contributed by atoms with E-state index in [1.165, 1.54) is 12.1 Å². The summed E-state index contributed by atoms with van der Waals surface area (Å²) in [6.45, 7) is 1.37. The number of hydrogen-bond acceptors (Lipinski definition) is 3. The lowest BCUT2D eigenvalue weighted by atomic mass is 10.0. The Kier molecular flexibility index (Phi) is 5.50. The Labute approximate surface area is 151 Å². The van der Waals surface area contributed by atoms with Gasteiger partial charge in [0.2, 0.25) is 0 Å². The zero-order valence-corrected chi connectivity index (χ0v) is 14.6. The van der Waals surface area contributed by atoms with Crippen LogP contribution in [0.1, 0.15) is 28.9 Å². The van der Waals surface area contributed by atoms with Crippen LogP contribution >= 0.6 is 0 Å². The van der Waals surface area contributed by atoms with E-state index in [9.17, 15) is 14.0 Å². The van der Waals surface area contributed by atoms with Crippen LogP contribution in [0.2, 0.25) is 0 Å². The second kappa shape index (κ2) is 7.99. The zero-order chi connectivity index (χ0) is 18.5. The second-order valence-electron chi connectivity index (χ2n) is 6.32. The van der Waals surface area contributed by atoms with Crippen LogP contribution in [0, 0.1) is 5.82 Å². The van der Waals surface area contributed by atoms with Gasteiger partial charge in [0.1, 0.15) is 5.82 Å². The highest BCUT2D eigenvalue weighted by molar-refractivity contribution is 5.94. The van der Waals surface area contributed by atoms with Crippen LogP contribution in [0.4, 0.5) is 9.18 Å². The predicted molar refractivity (Wildman–Crippen MR) is 93.9 cm³/mol. The largest absolute Gasteiger partial charge is 0.338 e. The summed E-state index contributed by atoms with van der Waals surface area (Å²) in [7, 11) is 1.82. The van der Waals surface area contributed by atoms with Crippen molar-refractivity contribution in [2.75, 3.05) is 13.1 Å². The molecular weight excluding hydrogens is 337 g/mol. The number of carbonyl (C=O) groups is 2. The Morgan fingerprint density at radius 2 is 1.96 bits per heavy atom. The molecule has 0 spiro atoms. The van der Waals surface area contributed by atoms with Gasteiger partial charge in [-0.1, -0.05) is 12.1 Å². The second-order valence-corrected chi connectivity index (χ2v) is 6.32. The van der Waals surface area contributed by atoms with Crippen LogP contribution in [0.3, 0.4) is 0 Å². The summed E-state index contributed by atoms with van der Waals surface area (Å²) in [5.41, 5.74) is 0.998. The first kappa shape index (κ1) is 17.9. The molecule has 2 heterocycles. The van der Waals surface area contributed by atoms with Gasteiger partial charge in [-0.25, -0.2) is 9.18 Å². The Bertz CT molecular complexity index is 783. The van der Waals surface area contributed by atoms with Crippen molar-refractivity contribution in [3.63, 3.8) is 0 Å². The maximum atomic E-state index is 13.8. The molecule has 26 heavy (non-hydrogen) atoms. The summed E-state index contributed by atoms with van der Waals surface area (Å²) in [6, 6.07) is 7.58. The first-order valence-electron chi connectivity index (χ1n) is 8.59. The molecule has 0 bridgehead atoms. The summed E-state index contributed by atoms with van der Waals surface area (Å²) in [4.78, 5) is 26.0. The molecule has 0 saturated carbocycles. The van der Waals surface area contributed by atoms with E-state index in [0.29, 0.717) is 32.5 Å². The molecule has 0 aliphatic carbocycles. The lowest BCUT2D eigenvalue weighted by Crippen LogP contribution is -2.49. The standard InChI is InChI=1S/C18H22FN5O2/c1-23-14(6-9-21-23)12-20-18(26)22-13-7-10-24(11-8-13)17(25)15-4-2-3-5-16(15)19/h2-6,9,13H,7-8,10-12H2,1H3,(H2,20,22,26). The molecule has 1 aliphatic heterocycles. The predicted octanol–water partition coefficient (Wildman–Crippen LogP) is 1.66. The van der Waals surface area contributed by atoms with Gasteiger partial charge in [-0.15, -0.1) is 0 Å². The molecule has 0 radical (unpaired) electrons. The minimum absolute atomic E-state index is 0.00814. The Hall–Kier alpha value is -2.90. The average molecular weight is 359 g/mol. The van der Waals surface area contributed by atoms with E-state index in [-0.39, 0.29) is 23.5 Å². The van der Waals surface area contributed by atoms with Crippen LogP contribution in [0.15, 0.2) is 36.5 Å². The third-order valence-electron chi connectivity index (χ3n) is 4.57. The number of amides is 3. The van der Waals surface area contributed by atoms with Crippen molar-refractivity contribution in [3.8, 4) is 0 Å². The summed E-state index contributed by atoms with van der Waals surface area (Å²) >= 11 is 0. The van der Waals surface area contributed by atoms with Crippen molar-refractivity contribution < 1.29 is 14.0 Å². The molecule has 0 unspecified atom stereocenters. The number of halogens is 1. The summed E-state index contributed by atoms with van der Waals surface area (Å²) in [6.07, 6.45) is 2.95. The highest BCUT2D eigenvalue weighted by atomic mass is 19.1. The molecule has 8 heteroatoms. The quantitative estimate of drug-likeness (QED) is 0.871. The zero-order valence-electron chi connectivity index (χ0n) is 14.6. The molecule has 1 aliphatic rings. The van der Waals surface area contributed by atoms with E-state index in [4.69, 9.17) is 0 Å². The van der Waals surface area contributed by atoms with Crippen LogP contribution in [-0.2, 0) is 13.6 Å². The lowest BCUT2D eigenvalue weighted by molar-refractivity contribution is 0.0703. The van der Waals surface area contributed by atoms with Gasteiger partial charge < -0.3 is 15.5 Å². The number of nitrogens with zero attached hydrogens (tertiary/aromatic N) is 3. The van der Waals surface area contributed by atoms with Crippen molar-refractivity contribution in [3.05, 3.63) is 53.6 Å². The normalized spacial score (nSPS) is 14.9. The van der Waals surface area contributed by atoms with Crippen molar-refractivity contribution in [2.45, 2.75) is 25.4 Å². The third kappa shape index (κ3) is 4.19. The first-order chi connectivity index (χ1) is 12.5. The van der Waals surface area contributed by atoms with Crippen LogP contribution < -0.4 is 10.6 Å². The van der Waals surface area contributed by atoms with Crippen molar-refractivity contribution >= 4 is 11.9 Å². The lowest BCUT2D eigenvalue weighted by Gasteiger charge is -2.32. The molecule has 1 fully saturated rings. The molecule has 3 rings (SSSR count). The molecular formula is C18H22FN5O2. The fraction of sp³-hybridized carbons (Fsp3) is 0.389. The Morgan fingerprint density at radius 3 is 2.62 bits per heavy atom. The van der Waals surface area contributed by atoms with Crippen LogP contribution in [0.5, 0.6) is 0 Å². The molecule has 1 aromatic heterocycles. The van der Waals surface area contributed by atoms with Crippen molar-refractivity contribution in [1.29, 1.82) is 0 Å². The molecule has 1 aromatic carbocycles. The van der Waals surface area contributed by atoms with Gasteiger partial charge in [-0.2, -0.15) is 5.10 Å². The highest BCUT2D eigenvalue weighted by Gasteiger charge is 2.25. The number of hydrogen-bond donors (Lipinski definition) is 2. The van der Waals surface area contributed by atoms with Crippen molar-refractivity contribution in [1.82, 2.24) is 25.3 Å². The van der Waals surface area contributed by atoms with Crippen molar-refractivity contribution in [2.24, 2.45) is 7.05 Å². The number of aromatic nitrogens is 2. The Balaban J connectivity index is 1.45. The van der Waals surface area contributed by atoms with Gasteiger partial charge in [0.25, 0.3) is 5.91 Å². The minimum atomic E-state index is -0.507. The maximum Gasteiger partial charge on any atom is 0.315 e. The van der Waals surface area contributed by atoms with Crippen LogP contribution in [0.25, 0.3) is 0 Å². The summed E-state index contributed by atoms with van der Waals surface area (Å²) < 4.78 is 15.5. The third-order valence-corrected chi connectivity index (χ3v) is 4.57. The Morgan fingerprint density at radius 1 is 1.23 bits per heavy atom. The topological polar surface area (TPSA) is 79.3 Å². The first-order valence-corrected chi connectivity index (χ1v) is 8.59. The van der Waals surface area contributed by atoms with E-state index in [1.807, 2.05) is 13.1 Å². The van der Waals surface area contributed by atoms with E-state index < -0.39 is 5.82 Å². The molecule has 2 N–H and O–H groups in total. The van der Waals surface area contributed by atoms with E-state index in [2.05, 4.69) is 15.7 Å². The number of piperidine rings is 1. The molecule has 138 valence electrons. The molecule has 3 amide bonds. The minimum Gasteiger partial charge on any atom is -0.338 e. The van der Waals surface area contributed by atoms with E-state index in [1.54, 1.807) is 27.9 Å². The van der Waals surface area contributed by atoms with Gasteiger partial charge in [0.05, 0.1) is 17.8 Å². The van der Waals surface area contributed by atoms with Gasteiger partial charge in [-0.3, -0.25) is 9.48 Å². The average Bonchev–Trinajstić information content (AvgIpc) is 3.05. The smallest absolute Gasteiger partial charge is 0.315 e. The number of likely N-dealkylation sites (tertiary alicyclic amines) is 1. The number of benzene rings is 1. The SMILES string of the molecule is Cn1nccc1CNC(=O)NC1CCN(C(=O)c2ccccc2F)CC1. The molecule has 1 saturated heterocycles. The van der Waals surface area contributed by atoms with Crippen LogP contribution in [-0.4, -0.2) is 45.8 Å². The van der Waals surface area contributed by atoms with Gasteiger partial charge in [0.15, 0.2) is 0 Å². The fourth-order valence-corrected chi connectivity index (χ4v) is 3.01. The van der Waals surface area contributed by atoms with Gasteiger partial charge in [0, 0.05) is 32.4 Å².